The van der Waals surface area contributed by atoms with Crippen molar-refractivity contribution in [1.82, 2.24) is 25.3 Å². The predicted molar refractivity (Wildman–Crippen MR) is 170 cm³/mol. The summed E-state index contributed by atoms with van der Waals surface area (Å²) in [5.41, 5.74) is 10.5. The summed E-state index contributed by atoms with van der Waals surface area (Å²) in [6.07, 6.45) is 4.39. The molecular weight excluding hydrogens is 587 g/mol. The highest BCUT2D eigenvalue weighted by Crippen LogP contribution is 2.53. The van der Waals surface area contributed by atoms with Crippen molar-refractivity contribution in [1.29, 1.82) is 5.26 Å². The number of nitrogens with one attached hydrogen (secondary N) is 1. The maximum Gasteiger partial charge on any atom is 0.219 e. The highest BCUT2D eigenvalue weighted by molar-refractivity contribution is 5.67. The van der Waals surface area contributed by atoms with E-state index in [4.69, 9.17) is 29.7 Å². The monoisotopic (exact) mass is 628 g/mol. The minimum Gasteiger partial charge on any atom is -0.473 e. The van der Waals surface area contributed by atoms with Crippen LogP contribution in [0.25, 0.3) is 11.5 Å². The molecule has 0 radical (unpaired) electrons. The average Bonchev–Trinajstić information content (AvgIpc) is 3.64. The van der Waals surface area contributed by atoms with E-state index in [0.717, 1.165) is 86.4 Å². The molecule has 11 nitrogen and oxygen atoms in total. The smallest absolute Gasteiger partial charge is 0.219 e. The zero-order valence-corrected chi connectivity index (χ0v) is 26.5. The molecule has 3 aliphatic heterocycles. The van der Waals surface area contributed by atoms with Gasteiger partial charge in [-0.1, -0.05) is 11.2 Å². The molecule has 1 aromatic carbocycles. The largest absolute Gasteiger partial charge is 0.473 e. The first-order chi connectivity index (χ1) is 22.3. The van der Waals surface area contributed by atoms with Gasteiger partial charge >= 0.3 is 0 Å². The lowest BCUT2D eigenvalue weighted by molar-refractivity contribution is -0.0743. The van der Waals surface area contributed by atoms with E-state index in [0.29, 0.717) is 54.8 Å². The molecule has 8 rings (SSSR count). The molecule has 3 saturated heterocycles. The third-order valence-corrected chi connectivity index (χ3v) is 11.0. The van der Waals surface area contributed by atoms with E-state index in [-0.39, 0.29) is 11.6 Å². The number of nitrogens with two attached hydrogens (primary N) is 1. The van der Waals surface area contributed by atoms with Crippen LogP contribution in [-0.4, -0.2) is 90.3 Å². The zero-order valence-electron chi connectivity index (χ0n) is 26.5. The van der Waals surface area contributed by atoms with Crippen LogP contribution in [0.2, 0.25) is 0 Å². The number of piperazine rings is 1. The number of aromatic nitrogens is 3. The van der Waals surface area contributed by atoms with E-state index < -0.39 is 17.7 Å². The Kier molecular flexibility index (Phi) is 7.19. The number of nitriles is 1. The van der Waals surface area contributed by atoms with Gasteiger partial charge in [0.25, 0.3) is 0 Å². The van der Waals surface area contributed by atoms with E-state index in [1.54, 1.807) is 0 Å². The molecule has 0 unspecified atom stereocenters. The molecule has 0 saturated carbocycles. The second-order valence-electron chi connectivity index (χ2n) is 13.9. The summed E-state index contributed by atoms with van der Waals surface area (Å²) in [4.78, 5) is 14.2. The second-order valence-corrected chi connectivity index (χ2v) is 13.9. The number of anilines is 2. The second kappa shape index (κ2) is 11.2. The first-order valence-corrected chi connectivity index (χ1v) is 16.6. The molecule has 2 spiro atoms. The summed E-state index contributed by atoms with van der Waals surface area (Å²) in [7, 11) is 1.94. The van der Waals surface area contributed by atoms with Gasteiger partial charge in [-0.05, 0) is 76.1 Å². The van der Waals surface area contributed by atoms with Crippen LogP contribution in [0.5, 0.6) is 5.88 Å². The van der Waals surface area contributed by atoms with Crippen molar-refractivity contribution in [3.8, 4) is 23.5 Å². The molecule has 0 bridgehead atoms. The molecule has 0 amide bonds. The van der Waals surface area contributed by atoms with E-state index in [1.807, 2.05) is 31.0 Å². The van der Waals surface area contributed by atoms with Crippen LogP contribution >= 0.6 is 0 Å². The van der Waals surface area contributed by atoms with E-state index in [9.17, 15) is 9.65 Å². The van der Waals surface area contributed by atoms with Crippen LogP contribution < -0.4 is 20.7 Å². The number of rotatable bonds is 5. The first kappa shape index (κ1) is 29.6. The fraction of sp³-hybridized carbons (Fsp3) is 0.588. The summed E-state index contributed by atoms with van der Waals surface area (Å²) >= 11 is 0. The molecule has 2 aliphatic carbocycles. The molecule has 3 N–H and O–H groups in total. The van der Waals surface area contributed by atoms with E-state index >= 15 is 0 Å². The van der Waals surface area contributed by atoms with Crippen molar-refractivity contribution in [3.05, 3.63) is 46.2 Å². The fourth-order valence-corrected chi connectivity index (χ4v) is 8.76. The summed E-state index contributed by atoms with van der Waals surface area (Å²) in [5.74, 6) is 2.35. The van der Waals surface area contributed by atoms with E-state index in [2.05, 4.69) is 27.5 Å². The molecule has 3 aromatic rings. The number of nitrogen functional groups attached to an aromatic ring is 1. The molecule has 242 valence electrons. The Morgan fingerprint density at radius 3 is 2.76 bits per heavy atom. The number of ether oxygens (including phenoxy) is 2. The number of likely N-dealkylation sites (N-methyl/N-ethyl adjacent to an activating group) is 1. The quantitative estimate of drug-likeness (QED) is 0.401. The standard InChI is InChI=1S/C34H41FN8O3/c1-20(30-24(35)9-13-42(30)2)45-27-15-26(43-14-12-38-33(17-43)18-44-19-33)39-32(40-27)29-22-6-4-11-34(31(22)46-41-29)10-3-5-21-7-8-25(37)23(16-36)28(21)34/h7-8,15,20,24,30,38H,3-6,9-14,17-19,37H2,1-2H3/t20-,24-,30+,34-/m0/s1. The molecule has 4 atom stereocenters. The van der Waals surface area contributed by atoms with Gasteiger partial charge in [-0.3, -0.25) is 4.90 Å². The zero-order chi connectivity index (χ0) is 31.6. The Hall–Kier alpha value is -3.79. The van der Waals surface area contributed by atoms with Crippen molar-refractivity contribution in [2.45, 2.75) is 81.1 Å². The Balaban J connectivity index is 1.21. The normalized spacial score (nSPS) is 27.6. The summed E-state index contributed by atoms with van der Waals surface area (Å²) < 4.78 is 33.2. The van der Waals surface area contributed by atoms with Gasteiger partial charge in [-0.15, -0.1) is 0 Å². The number of likely N-dealkylation sites (tertiary alicyclic amines) is 1. The minimum absolute atomic E-state index is 0.0974. The topological polar surface area (TPSA) is 139 Å². The summed E-state index contributed by atoms with van der Waals surface area (Å²) in [6.45, 7) is 6.22. The van der Waals surface area contributed by atoms with Gasteiger partial charge in [0.2, 0.25) is 5.88 Å². The number of hydrogen-bond donors (Lipinski definition) is 2. The highest BCUT2D eigenvalue weighted by Gasteiger charge is 2.48. The van der Waals surface area contributed by atoms with Gasteiger partial charge in [-0.25, -0.2) is 9.37 Å². The molecular formula is C34H41FN8O3. The predicted octanol–water partition coefficient (Wildman–Crippen LogP) is 3.53. The van der Waals surface area contributed by atoms with Crippen molar-refractivity contribution in [2.75, 3.05) is 57.1 Å². The van der Waals surface area contributed by atoms with Crippen LogP contribution in [0.4, 0.5) is 15.9 Å². The van der Waals surface area contributed by atoms with Gasteiger partial charge in [-0.2, -0.15) is 10.2 Å². The van der Waals surface area contributed by atoms with E-state index in [1.165, 1.54) is 0 Å². The minimum atomic E-state index is -0.961. The van der Waals surface area contributed by atoms with Gasteiger partial charge in [0.05, 0.1) is 35.8 Å². The lowest BCUT2D eigenvalue weighted by Gasteiger charge is -2.49. The Morgan fingerprint density at radius 1 is 1.20 bits per heavy atom. The van der Waals surface area contributed by atoms with Crippen molar-refractivity contribution in [2.24, 2.45) is 0 Å². The van der Waals surface area contributed by atoms with Gasteiger partial charge < -0.3 is 29.9 Å². The summed E-state index contributed by atoms with van der Waals surface area (Å²) in [5, 5.41) is 18.5. The highest BCUT2D eigenvalue weighted by atomic mass is 19.1. The number of benzene rings is 1. The van der Waals surface area contributed by atoms with Crippen LogP contribution in [-0.2, 0) is 23.0 Å². The lowest BCUT2D eigenvalue weighted by Crippen LogP contribution is -2.70. The van der Waals surface area contributed by atoms with Gasteiger partial charge in [0, 0.05) is 43.5 Å². The van der Waals surface area contributed by atoms with Crippen LogP contribution in [0.3, 0.4) is 0 Å². The molecule has 5 aliphatic rings. The number of nitrogens with zero attached hydrogens (tertiary/aromatic N) is 6. The van der Waals surface area contributed by atoms with Gasteiger partial charge in [0.1, 0.15) is 24.2 Å². The maximum atomic E-state index is 14.9. The number of halogens is 1. The lowest BCUT2D eigenvalue weighted by atomic mass is 9.61. The van der Waals surface area contributed by atoms with Crippen molar-refractivity contribution >= 4 is 11.5 Å². The molecule has 3 fully saturated rings. The molecule has 12 heteroatoms. The molecule has 5 heterocycles. The number of aryl methyl sites for hydroxylation is 1. The van der Waals surface area contributed by atoms with Crippen LogP contribution in [0.15, 0.2) is 22.7 Å². The Labute approximate surface area is 268 Å². The SMILES string of the molecule is C[C@H](Oc1cc(N2CCNC3(COC3)C2)nc(-c2noc3c2CCC[C@]32CCCc3ccc(N)c(C#N)c32)n1)[C@@H]1[C@@H](F)CCN1C. The van der Waals surface area contributed by atoms with Crippen molar-refractivity contribution < 1.29 is 18.4 Å². The Morgan fingerprint density at radius 2 is 2.02 bits per heavy atom. The Bertz CT molecular complexity index is 1690. The average molecular weight is 629 g/mol. The third kappa shape index (κ3) is 4.66. The third-order valence-electron chi connectivity index (χ3n) is 11.0. The van der Waals surface area contributed by atoms with Crippen molar-refractivity contribution in [3.63, 3.8) is 0 Å². The summed E-state index contributed by atoms with van der Waals surface area (Å²) in [6, 6.07) is 7.82. The first-order valence-electron chi connectivity index (χ1n) is 16.6. The molecule has 46 heavy (non-hydrogen) atoms. The number of fused-ring (bicyclic) bond motifs is 4. The van der Waals surface area contributed by atoms with Crippen LogP contribution in [0, 0.1) is 11.3 Å². The molecule has 2 aromatic heterocycles. The fourth-order valence-electron chi connectivity index (χ4n) is 8.76. The maximum absolute atomic E-state index is 14.9. The number of hydrogen-bond acceptors (Lipinski definition) is 11. The van der Waals surface area contributed by atoms with Crippen LogP contribution in [0.1, 0.15) is 67.0 Å². The number of alkyl halides is 1. The van der Waals surface area contributed by atoms with Gasteiger partial charge in [0.15, 0.2) is 17.3 Å².